The summed E-state index contributed by atoms with van der Waals surface area (Å²) in [6.45, 7) is 0. The minimum absolute atomic E-state index is 0.218. The third kappa shape index (κ3) is 2.29. The first-order valence-corrected chi connectivity index (χ1v) is 11.0. The van der Waals surface area contributed by atoms with Gasteiger partial charge in [0.05, 0.1) is 16.6 Å². The molecule has 0 aliphatic carbocycles. The molecule has 0 spiro atoms. The maximum atomic E-state index is 10.7. The van der Waals surface area contributed by atoms with Crippen LogP contribution in [0.5, 0.6) is 28.7 Å². The van der Waals surface area contributed by atoms with Crippen LogP contribution in [0.1, 0.15) is 0 Å². The molecular formula is C28H18N2O5. The van der Waals surface area contributed by atoms with Gasteiger partial charge in [-0.25, -0.2) is 0 Å². The second-order valence-electron chi connectivity index (χ2n) is 8.61. The molecule has 0 unspecified atom stereocenters. The normalized spacial score (nSPS) is 12.0. The number of benzene rings is 5. The Bertz CT molecular complexity index is 1920. The van der Waals surface area contributed by atoms with Crippen LogP contribution in [0.25, 0.3) is 54.9 Å². The SMILES string of the molecule is Oc1c(O)c(O)c(-n2c3cccc4c5ccn(-c6ccccc6)c5c5cccc2c5c43)c(O)c1O. The smallest absolute Gasteiger partial charge is 0.208 e. The Morgan fingerprint density at radius 2 is 1.06 bits per heavy atom. The zero-order valence-corrected chi connectivity index (χ0v) is 18.1. The number of aromatic nitrogens is 2. The Kier molecular flexibility index (Phi) is 3.62. The molecule has 35 heavy (non-hydrogen) atoms. The lowest BCUT2D eigenvalue weighted by molar-refractivity contribution is 0.327. The van der Waals surface area contributed by atoms with E-state index in [1.54, 1.807) is 4.57 Å². The number of phenolic OH excluding ortho intramolecular Hbond substituents is 5. The fourth-order valence-electron chi connectivity index (χ4n) is 5.38. The van der Waals surface area contributed by atoms with Crippen LogP contribution in [0, 0.1) is 0 Å². The highest BCUT2D eigenvalue weighted by molar-refractivity contribution is 6.34. The third-order valence-electron chi connectivity index (χ3n) is 6.85. The van der Waals surface area contributed by atoms with Crippen molar-refractivity contribution in [3.05, 3.63) is 79.0 Å². The van der Waals surface area contributed by atoms with Crippen LogP contribution in [0.4, 0.5) is 0 Å². The van der Waals surface area contributed by atoms with Crippen molar-refractivity contribution in [2.24, 2.45) is 0 Å². The van der Waals surface area contributed by atoms with Gasteiger partial charge in [0, 0.05) is 33.4 Å². The average molecular weight is 462 g/mol. The number of para-hydroxylation sites is 1. The molecule has 2 heterocycles. The molecule has 0 amide bonds. The molecule has 2 aromatic heterocycles. The maximum Gasteiger partial charge on any atom is 0.208 e. The van der Waals surface area contributed by atoms with E-state index >= 15 is 0 Å². The monoisotopic (exact) mass is 462 g/mol. The van der Waals surface area contributed by atoms with Crippen LogP contribution in [-0.4, -0.2) is 34.7 Å². The van der Waals surface area contributed by atoms with Gasteiger partial charge in [-0.1, -0.05) is 42.5 Å². The number of nitrogens with zero attached hydrogens (tertiary/aromatic N) is 2. The molecule has 0 aliphatic heterocycles. The van der Waals surface area contributed by atoms with Gasteiger partial charge in [-0.05, 0) is 35.7 Å². The van der Waals surface area contributed by atoms with Gasteiger partial charge in [0.15, 0.2) is 11.5 Å². The summed E-state index contributed by atoms with van der Waals surface area (Å²) in [5.41, 5.74) is 3.14. The van der Waals surface area contributed by atoms with Crippen LogP contribution in [-0.2, 0) is 0 Å². The molecule has 0 saturated heterocycles. The number of hydrogen-bond acceptors (Lipinski definition) is 5. The van der Waals surface area contributed by atoms with Crippen molar-refractivity contribution in [3.63, 3.8) is 0 Å². The molecule has 7 heteroatoms. The first-order chi connectivity index (χ1) is 17.0. The van der Waals surface area contributed by atoms with E-state index in [1.807, 2.05) is 72.9 Å². The van der Waals surface area contributed by atoms with Gasteiger partial charge in [0.25, 0.3) is 0 Å². The molecule has 0 aliphatic rings. The van der Waals surface area contributed by atoms with E-state index in [2.05, 4.69) is 10.6 Å². The fourth-order valence-corrected chi connectivity index (χ4v) is 5.38. The molecule has 5 N–H and O–H groups in total. The van der Waals surface area contributed by atoms with Crippen molar-refractivity contribution in [1.29, 1.82) is 0 Å². The van der Waals surface area contributed by atoms with Gasteiger partial charge in [-0.2, -0.15) is 0 Å². The summed E-state index contributed by atoms with van der Waals surface area (Å²) in [5.74, 6) is -4.28. The maximum absolute atomic E-state index is 10.7. The molecular weight excluding hydrogens is 444 g/mol. The van der Waals surface area contributed by atoms with Gasteiger partial charge in [-0.15, -0.1) is 0 Å². The lowest BCUT2D eigenvalue weighted by atomic mass is 9.98. The number of rotatable bonds is 2. The van der Waals surface area contributed by atoms with Gasteiger partial charge in [0.2, 0.25) is 17.2 Å². The van der Waals surface area contributed by atoms with E-state index in [9.17, 15) is 25.5 Å². The van der Waals surface area contributed by atoms with Crippen molar-refractivity contribution in [2.75, 3.05) is 0 Å². The lowest BCUT2D eigenvalue weighted by Crippen LogP contribution is -1.96. The van der Waals surface area contributed by atoms with E-state index in [0.717, 1.165) is 38.1 Å². The van der Waals surface area contributed by atoms with Crippen molar-refractivity contribution >= 4 is 43.5 Å². The van der Waals surface area contributed by atoms with E-state index in [0.29, 0.717) is 11.0 Å². The predicted octanol–water partition coefficient (Wildman–Crippen LogP) is 5.85. The highest BCUT2D eigenvalue weighted by atomic mass is 16.4. The van der Waals surface area contributed by atoms with E-state index in [4.69, 9.17) is 0 Å². The Morgan fingerprint density at radius 1 is 0.486 bits per heavy atom. The number of phenols is 5. The van der Waals surface area contributed by atoms with Crippen molar-refractivity contribution in [1.82, 2.24) is 9.13 Å². The Morgan fingerprint density at radius 3 is 1.71 bits per heavy atom. The molecule has 0 bridgehead atoms. The van der Waals surface area contributed by atoms with Crippen LogP contribution in [0.15, 0.2) is 79.0 Å². The summed E-state index contributed by atoms with van der Waals surface area (Å²) < 4.78 is 3.73. The number of aromatic hydroxyl groups is 5. The first-order valence-electron chi connectivity index (χ1n) is 11.0. The van der Waals surface area contributed by atoms with E-state index in [1.165, 1.54) is 0 Å². The standard InChI is InChI=1S/C28H18N2O5/c31-24-23(25(32)27(34)28(35)26(24)33)30-18-10-4-8-15-16-12-13-29(14-6-2-1-3-7-14)22(16)17-9-5-11-19(30)21(17)20(15)18/h1-13,31-35H. The Labute approximate surface area is 197 Å². The van der Waals surface area contributed by atoms with Crippen LogP contribution < -0.4 is 0 Å². The molecule has 0 atom stereocenters. The molecule has 5 aromatic carbocycles. The van der Waals surface area contributed by atoms with Gasteiger partial charge in [-0.3, -0.25) is 0 Å². The molecule has 7 rings (SSSR count). The van der Waals surface area contributed by atoms with Gasteiger partial charge < -0.3 is 34.7 Å². The molecule has 0 saturated carbocycles. The second kappa shape index (κ2) is 6.51. The average Bonchev–Trinajstić information content (AvgIpc) is 3.48. The van der Waals surface area contributed by atoms with Crippen molar-refractivity contribution in [3.8, 4) is 40.1 Å². The quantitative estimate of drug-likeness (QED) is 0.126. The second-order valence-corrected chi connectivity index (χ2v) is 8.61. The van der Waals surface area contributed by atoms with E-state index < -0.39 is 28.7 Å². The molecule has 0 radical (unpaired) electrons. The van der Waals surface area contributed by atoms with Crippen molar-refractivity contribution in [2.45, 2.75) is 0 Å². The third-order valence-corrected chi connectivity index (χ3v) is 6.85. The van der Waals surface area contributed by atoms with Crippen molar-refractivity contribution < 1.29 is 25.5 Å². The zero-order chi connectivity index (χ0) is 24.0. The van der Waals surface area contributed by atoms with Gasteiger partial charge >= 0.3 is 0 Å². The van der Waals surface area contributed by atoms with Gasteiger partial charge in [0.1, 0.15) is 5.69 Å². The lowest BCUT2D eigenvalue weighted by Gasteiger charge is -2.15. The highest BCUT2D eigenvalue weighted by Gasteiger charge is 2.28. The Hall–Kier alpha value is -5.04. The highest BCUT2D eigenvalue weighted by Crippen LogP contribution is 2.55. The fraction of sp³-hybridized carbons (Fsp3) is 0. The molecule has 7 nitrogen and oxygen atoms in total. The zero-order valence-electron chi connectivity index (χ0n) is 18.1. The largest absolute Gasteiger partial charge is 0.503 e. The van der Waals surface area contributed by atoms with Crippen LogP contribution in [0.2, 0.25) is 0 Å². The molecule has 0 fully saturated rings. The summed E-state index contributed by atoms with van der Waals surface area (Å²) >= 11 is 0. The van der Waals surface area contributed by atoms with Crippen LogP contribution >= 0.6 is 0 Å². The van der Waals surface area contributed by atoms with Crippen LogP contribution in [0.3, 0.4) is 0 Å². The first kappa shape index (κ1) is 19.4. The number of fused-ring (bicyclic) bond motifs is 3. The minimum Gasteiger partial charge on any atom is -0.503 e. The topological polar surface area (TPSA) is 111 Å². The molecule has 170 valence electrons. The Balaban J connectivity index is 1.73. The minimum atomic E-state index is -0.987. The summed E-state index contributed by atoms with van der Waals surface area (Å²) in [7, 11) is 0. The summed E-state index contributed by atoms with van der Waals surface area (Å²) in [6.07, 6.45) is 2.05. The number of hydrogen-bond donors (Lipinski definition) is 5. The summed E-state index contributed by atoms with van der Waals surface area (Å²) in [4.78, 5) is 0. The summed E-state index contributed by atoms with van der Waals surface area (Å²) in [6, 6.07) is 23.6. The molecule has 7 aromatic rings. The predicted molar refractivity (Wildman–Crippen MR) is 135 cm³/mol. The summed E-state index contributed by atoms with van der Waals surface area (Å²) in [5, 5.41) is 56.7. The van der Waals surface area contributed by atoms with E-state index in [-0.39, 0.29) is 5.69 Å².